The molecule has 0 aliphatic heterocycles. The Labute approximate surface area is 95.2 Å². The van der Waals surface area contributed by atoms with Crippen LogP contribution in [0.5, 0.6) is 0 Å². The van der Waals surface area contributed by atoms with Crippen molar-refractivity contribution in [1.82, 2.24) is 0 Å². The van der Waals surface area contributed by atoms with E-state index >= 15 is 0 Å². The van der Waals surface area contributed by atoms with Crippen LogP contribution in [0, 0.1) is 0 Å². The van der Waals surface area contributed by atoms with Crippen molar-refractivity contribution in [1.29, 1.82) is 0 Å². The number of Topliss-reactive ketones (excluding diaryl/α,β-unsaturated/α-hetero) is 1. The summed E-state index contributed by atoms with van der Waals surface area (Å²) in [5.41, 5.74) is 0.857. The molecule has 0 saturated heterocycles. The van der Waals surface area contributed by atoms with Gasteiger partial charge in [0, 0.05) is 18.1 Å². The molecule has 0 spiro atoms. The van der Waals surface area contributed by atoms with Gasteiger partial charge in [-0.2, -0.15) is 0 Å². The van der Waals surface area contributed by atoms with Crippen LogP contribution in [0.25, 0.3) is 0 Å². The lowest BCUT2D eigenvalue weighted by molar-refractivity contribution is -0.128. The Hall–Kier alpha value is -0.860. The summed E-state index contributed by atoms with van der Waals surface area (Å²) in [5.74, 6) is 0.0601. The molecule has 1 atom stereocenters. The number of hydrogen-bond donors (Lipinski definition) is 0. The molecule has 82 valence electrons. The van der Waals surface area contributed by atoms with E-state index in [-0.39, 0.29) is 11.9 Å². The van der Waals surface area contributed by atoms with Crippen LogP contribution < -0.4 is 0 Å². The van der Waals surface area contributed by atoms with Crippen LogP contribution in [0.15, 0.2) is 24.3 Å². The highest BCUT2D eigenvalue weighted by molar-refractivity contribution is 6.31. The average molecular weight is 227 g/mol. The third kappa shape index (κ3) is 3.65. The lowest BCUT2D eigenvalue weighted by Gasteiger charge is -2.10. The average Bonchev–Trinajstić information content (AvgIpc) is 2.21. The molecule has 1 aromatic carbocycles. The summed E-state index contributed by atoms with van der Waals surface area (Å²) in [6.07, 6.45) is -0.0211. The number of ether oxygens (including phenoxy) is 1. The molecule has 3 heteroatoms. The van der Waals surface area contributed by atoms with Crippen molar-refractivity contribution in [2.24, 2.45) is 0 Å². The van der Waals surface area contributed by atoms with Gasteiger partial charge in [0.1, 0.15) is 6.10 Å². The van der Waals surface area contributed by atoms with E-state index in [0.717, 1.165) is 5.56 Å². The van der Waals surface area contributed by atoms with Crippen molar-refractivity contribution in [2.45, 2.75) is 26.4 Å². The highest BCUT2D eigenvalue weighted by Crippen LogP contribution is 2.16. The number of carbonyl (C=O) groups excluding carboxylic acids is 1. The van der Waals surface area contributed by atoms with E-state index in [2.05, 4.69) is 0 Å². The zero-order chi connectivity index (χ0) is 11.3. The molecule has 0 heterocycles. The monoisotopic (exact) mass is 226 g/mol. The summed E-state index contributed by atoms with van der Waals surface area (Å²) in [4.78, 5) is 11.7. The van der Waals surface area contributed by atoms with E-state index in [9.17, 15) is 4.79 Å². The normalized spacial score (nSPS) is 12.5. The van der Waals surface area contributed by atoms with Gasteiger partial charge in [-0.1, -0.05) is 29.8 Å². The zero-order valence-corrected chi connectivity index (χ0v) is 9.75. The van der Waals surface area contributed by atoms with Gasteiger partial charge in [-0.05, 0) is 25.5 Å². The number of ketones is 1. The van der Waals surface area contributed by atoms with Gasteiger partial charge in [0.25, 0.3) is 0 Å². The largest absolute Gasteiger partial charge is 0.371 e. The molecule has 0 amide bonds. The maximum Gasteiger partial charge on any atom is 0.165 e. The maximum absolute atomic E-state index is 11.7. The molecule has 0 N–H and O–H groups in total. The van der Waals surface area contributed by atoms with Crippen LogP contribution in [0.4, 0.5) is 0 Å². The molecule has 2 nitrogen and oxygen atoms in total. The summed E-state index contributed by atoms with van der Waals surface area (Å²) in [7, 11) is 0. The predicted octanol–water partition coefficient (Wildman–Crippen LogP) is 2.88. The Kier molecular flexibility index (Phi) is 4.79. The Morgan fingerprint density at radius 3 is 2.73 bits per heavy atom. The maximum atomic E-state index is 11.7. The standard InChI is InChI=1S/C12H15ClO2/c1-3-15-9(2)12(14)8-10-6-4-5-7-11(10)13/h4-7,9H,3,8H2,1-2H3. The van der Waals surface area contributed by atoms with Crippen LogP contribution in [0.3, 0.4) is 0 Å². The van der Waals surface area contributed by atoms with E-state index in [1.165, 1.54) is 0 Å². The van der Waals surface area contributed by atoms with E-state index < -0.39 is 0 Å². The van der Waals surface area contributed by atoms with Crippen molar-refractivity contribution in [3.63, 3.8) is 0 Å². The van der Waals surface area contributed by atoms with Crippen molar-refractivity contribution >= 4 is 17.4 Å². The van der Waals surface area contributed by atoms with Gasteiger partial charge >= 0.3 is 0 Å². The summed E-state index contributed by atoms with van der Waals surface area (Å²) < 4.78 is 5.22. The van der Waals surface area contributed by atoms with Crippen LogP contribution in [0.1, 0.15) is 19.4 Å². The minimum atomic E-state index is -0.355. The molecule has 0 fully saturated rings. The smallest absolute Gasteiger partial charge is 0.165 e. The molecule has 0 saturated carbocycles. The van der Waals surface area contributed by atoms with Gasteiger partial charge in [-0.3, -0.25) is 4.79 Å². The molecule has 0 aliphatic carbocycles. The Balaban J connectivity index is 2.62. The summed E-state index contributed by atoms with van der Waals surface area (Å²) in [6, 6.07) is 7.37. The lowest BCUT2D eigenvalue weighted by atomic mass is 10.1. The van der Waals surface area contributed by atoms with Gasteiger partial charge in [0.15, 0.2) is 5.78 Å². The summed E-state index contributed by atoms with van der Waals surface area (Å²) in [5, 5.41) is 0.634. The molecule has 0 radical (unpaired) electrons. The SMILES string of the molecule is CCOC(C)C(=O)Cc1ccccc1Cl. The van der Waals surface area contributed by atoms with Crippen molar-refractivity contribution in [3.8, 4) is 0 Å². The van der Waals surface area contributed by atoms with Gasteiger partial charge in [-0.25, -0.2) is 0 Å². The molecular weight excluding hydrogens is 212 g/mol. The molecule has 15 heavy (non-hydrogen) atoms. The molecule has 0 aliphatic rings. The van der Waals surface area contributed by atoms with Crippen LogP contribution in [0.2, 0.25) is 5.02 Å². The fourth-order valence-corrected chi connectivity index (χ4v) is 1.52. The first-order valence-electron chi connectivity index (χ1n) is 5.03. The first-order chi connectivity index (χ1) is 7.15. The minimum Gasteiger partial charge on any atom is -0.371 e. The van der Waals surface area contributed by atoms with Crippen molar-refractivity contribution < 1.29 is 9.53 Å². The molecule has 1 aromatic rings. The molecule has 1 unspecified atom stereocenters. The van der Waals surface area contributed by atoms with E-state index in [4.69, 9.17) is 16.3 Å². The predicted molar refractivity (Wildman–Crippen MR) is 61.3 cm³/mol. The third-order valence-corrected chi connectivity index (χ3v) is 2.56. The number of rotatable bonds is 5. The Morgan fingerprint density at radius 1 is 1.47 bits per heavy atom. The number of halogens is 1. The fourth-order valence-electron chi connectivity index (χ4n) is 1.32. The highest BCUT2D eigenvalue weighted by Gasteiger charge is 2.14. The second-order valence-corrected chi connectivity index (χ2v) is 3.74. The number of carbonyl (C=O) groups is 1. The second kappa shape index (κ2) is 5.89. The Morgan fingerprint density at radius 2 is 2.13 bits per heavy atom. The van der Waals surface area contributed by atoms with E-state index in [0.29, 0.717) is 18.1 Å². The van der Waals surface area contributed by atoms with Crippen LogP contribution >= 0.6 is 11.6 Å². The van der Waals surface area contributed by atoms with Crippen molar-refractivity contribution in [3.05, 3.63) is 34.9 Å². The molecular formula is C12H15ClO2. The van der Waals surface area contributed by atoms with Crippen LogP contribution in [-0.4, -0.2) is 18.5 Å². The molecule has 1 rings (SSSR count). The first kappa shape index (κ1) is 12.2. The number of benzene rings is 1. The van der Waals surface area contributed by atoms with E-state index in [1.807, 2.05) is 25.1 Å². The first-order valence-corrected chi connectivity index (χ1v) is 5.40. The van der Waals surface area contributed by atoms with Crippen LogP contribution in [-0.2, 0) is 16.0 Å². The lowest BCUT2D eigenvalue weighted by Crippen LogP contribution is -2.22. The van der Waals surface area contributed by atoms with E-state index in [1.54, 1.807) is 13.0 Å². The number of hydrogen-bond acceptors (Lipinski definition) is 2. The zero-order valence-electron chi connectivity index (χ0n) is 9.00. The Bertz CT molecular complexity index is 336. The van der Waals surface area contributed by atoms with Gasteiger partial charge < -0.3 is 4.74 Å². The third-order valence-electron chi connectivity index (χ3n) is 2.19. The summed E-state index contributed by atoms with van der Waals surface area (Å²) in [6.45, 7) is 4.19. The summed E-state index contributed by atoms with van der Waals surface area (Å²) >= 11 is 5.96. The minimum absolute atomic E-state index is 0.0601. The second-order valence-electron chi connectivity index (χ2n) is 3.33. The van der Waals surface area contributed by atoms with Gasteiger partial charge in [0.2, 0.25) is 0 Å². The van der Waals surface area contributed by atoms with Crippen molar-refractivity contribution in [2.75, 3.05) is 6.61 Å². The molecule has 0 bridgehead atoms. The van der Waals surface area contributed by atoms with Gasteiger partial charge in [0.05, 0.1) is 0 Å². The molecule has 0 aromatic heterocycles. The highest BCUT2D eigenvalue weighted by atomic mass is 35.5. The fraction of sp³-hybridized carbons (Fsp3) is 0.417. The van der Waals surface area contributed by atoms with Gasteiger partial charge in [-0.15, -0.1) is 0 Å². The topological polar surface area (TPSA) is 26.3 Å². The quantitative estimate of drug-likeness (QED) is 0.772.